The van der Waals surface area contributed by atoms with Gasteiger partial charge in [0.15, 0.2) is 6.61 Å². The third-order valence-electron chi connectivity index (χ3n) is 9.18. The summed E-state index contributed by atoms with van der Waals surface area (Å²) >= 11 is 0. The van der Waals surface area contributed by atoms with E-state index in [4.69, 9.17) is 4.74 Å². The molecule has 5 aromatic rings. The van der Waals surface area contributed by atoms with E-state index >= 15 is 0 Å². The number of anilines is 5. The van der Waals surface area contributed by atoms with E-state index in [-0.39, 0.29) is 11.7 Å². The van der Waals surface area contributed by atoms with E-state index in [9.17, 15) is 17.7 Å². The van der Waals surface area contributed by atoms with Crippen LogP contribution in [-0.2, 0) is 4.57 Å². The summed E-state index contributed by atoms with van der Waals surface area (Å²) in [6.45, 7) is 6.38. The standard InChI is InChI=1S/C32H38F3N10O2P/c1-20-17-24(26(47-19-32(33,34)35)18-25(20)44-9-4-21(5-10-44)43-15-13-42(2)14-16-43)39-31-40-28-22(3-7-36-28)29(41-31)38-23-6-11-45-12-8-37-30(45)27(23)48-46/h3,6-8,11-12,17-18,21H,4-5,9-10,13-16,19,48H2,1-2H3,(H3,36,38,39,40,41). The van der Waals surface area contributed by atoms with Gasteiger partial charge in [-0.3, -0.25) is 4.90 Å². The largest absolute Gasteiger partial charge is 0.482 e. The number of likely N-dealkylation sites (N-methyl/N-ethyl adjacent to an activating group) is 1. The number of aromatic nitrogens is 5. The third kappa shape index (κ3) is 6.80. The van der Waals surface area contributed by atoms with Crippen molar-refractivity contribution in [1.82, 2.24) is 34.1 Å². The van der Waals surface area contributed by atoms with Gasteiger partial charge < -0.3 is 39.1 Å². The van der Waals surface area contributed by atoms with Gasteiger partial charge in [0.25, 0.3) is 0 Å². The minimum absolute atomic E-state index is 0.0563. The average molecular weight is 683 g/mol. The van der Waals surface area contributed by atoms with E-state index in [2.05, 4.69) is 52.3 Å². The summed E-state index contributed by atoms with van der Waals surface area (Å²) in [5, 5.41) is 7.63. The van der Waals surface area contributed by atoms with Crippen LogP contribution in [0, 0.1) is 6.92 Å². The van der Waals surface area contributed by atoms with Gasteiger partial charge in [-0.25, -0.2) is 4.98 Å². The smallest absolute Gasteiger partial charge is 0.422 e. The first kappa shape index (κ1) is 32.2. The number of benzene rings is 1. The van der Waals surface area contributed by atoms with Gasteiger partial charge >= 0.3 is 6.18 Å². The first-order valence-electron chi connectivity index (χ1n) is 16.0. The Kier molecular flexibility index (Phi) is 8.92. The summed E-state index contributed by atoms with van der Waals surface area (Å²) in [7, 11) is 0.824. The SMILES string of the molecule is Cc1cc(Nc2nc(Nc3ccn4ccnc4c3[PH2]=O)c3cc[nH]c3n2)c(OCC(F)(F)F)cc1N1CCC(N2CCN(C)CC2)CC1. The minimum atomic E-state index is -4.52. The molecule has 2 fully saturated rings. The van der Waals surface area contributed by atoms with Crippen molar-refractivity contribution in [1.29, 1.82) is 0 Å². The molecule has 0 radical (unpaired) electrons. The van der Waals surface area contributed by atoms with Gasteiger partial charge in [-0.05, 0) is 50.6 Å². The van der Waals surface area contributed by atoms with Crippen LogP contribution in [0.15, 0.2) is 49.1 Å². The number of aryl methyl sites for hydroxylation is 1. The molecule has 1 atom stereocenters. The van der Waals surface area contributed by atoms with E-state index < -0.39 is 21.2 Å². The summed E-state index contributed by atoms with van der Waals surface area (Å²) in [6, 6.07) is 7.58. The van der Waals surface area contributed by atoms with Gasteiger partial charge in [0.05, 0.1) is 30.5 Å². The number of aromatic amines is 1. The van der Waals surface area contributed by atoms with Gasteiger partial charge in [-0.2, -0.15) is 23.1 Å². The zero-order valence-electron chi connectivity index (χ0n) is 26.7. The molecule has 7 rings (SSSR count). The average Bonchev–Trinajstić information content (AvgIpc) is 3.75. The number of piperazine rings is 1. The molecule has 0 amide bonds. The first-order chi connectivity index (χ1) is 23.1. The molecule has 0 saturated carbocycles. The Morgan fingerprint density at radius 1 is 1.02 bits per heavy atom. The second kappa shape index (κ2) is 13.3. The predicted octanol–water partition coefficient (Wildman–Crippen LogP) is 4.94. The Morgan fingerprint density at radius 2 is 1.81 bits per heavy atom. The number of hydrogen-bond acceptors (Lipinski definition) is 10. The van der Waals surface area contributed by atoms with Crippen molar-refractivity contribution in [2.75, 3.05) is 68.5 Å². The molecule has 1 unspecified atom stereocenters. The number of rotatable bonds is 9. The van der Waals surface area contributed by atoms with E-state index in [0.29, 0.717) is 45.2 Å². The Balaban J connectivity index is 1.16. The van der Waals surface area contributed by atoms with Crippen LogP contribution in [0.5, 0.6) is 5.75 Å². The lowest BCUT2D eigenvalue weighted by atomic mass is 10.0. The summed E-state index contributed by atoms with van der Waals surface area (Å²) in [4.78, 5) is 23.8. The van der Waals surface area contributed by atoms with Crippen LogP contribution in [-0.4, -0.2) is 99.3 Å². The van der Waals surface area contributed by atoms with Gasteiger partial charge in [-0.1, -0.05) is 0 Å². The monoisotopic (exact) mass is 682 g/mol. The van der Waals surface area contributed by atoms with E-state index in [0.717, 1.165) is 63.4 Å². The van der Waals surface area contributed by atoms with Crippen molar-refractivity contribution >= 4 is 59.3 Å². The fraction of sp³-hybridized carbons (Fsp3) is 0.406. The molecule has 4 aromatic heterocycles. The van der Waals surface area contributed by atoms with Gasteiger partial charge in [-0.15, -0.1) is 0 Å². The highest BCUT2D eigenvalue weighted by Gasteiger charge is 2.31. The number of H-pyrrole nitrogens is 1. The van der Waals surface area contributed by atoms with Gasteiger partial charge in [0, 0.05) is 81.9 Å². The maximum absolute atomic E-state index is 13.4. The fourth-order valence-corrected chi connectivity index (χ4v) is 7.25. The van der Waals surface area contributed by atoms with Crippen molar-refractivity contribution < 1.29 is 22.5 Å². The van der Waals surface area contributed by atoms with Crippen LogP contribution in [0.3, 0.4) is 0 Å². The minimum Gasteiger partial charge on any atom is -0.482 e. The molecule has 0 bridgehead atoms. The molecule has 2 aliphatic heterocycles. The number of ether oxygens (including phenoxy) is 1. The molecule has 3 N–H and O–H groups in total. The quantitative estimate of drug-likeness (QED) is 0.185. The van der Waals surface area contributed by atoms with Crippen LogP contribution in [0.4, 0.5) is 42.0 Å². The third-order valence-corrected chi connectivity index (χ3v) is 9.99. The molecule has 2 saturated heterocycles. The lowest BCUT2D eigenvalue weighted by Crippen LogP contribution is -2.52. The molecule has 0 aliphatic carbocycles. The number of fused-ring (bicyclic) bond motifs is 2. The molecule has 48 heavy (non-hydrogen) atoms. The molecule has 254 valence electrons. The Labute approximate surface area is 276 Å². The lowest BCUT2D eigenvalue weighted by Gasteiger charge is -2.43. The predicted molar refractivity (Wildman–Crippen MR) is 183 cm³/mol. The number of imidazole rings is 1. The fourth-order valence-electron chi connectivity index (χ4n) is 6.63. The first-order valence-corrected chi connectivity index (χ1v) is 17.0. The molecular formula is C32H38F3N10O2P. The number of hydrogen-bond donors (Lipinski definition) is 3. The van der Waals surface area contributed by atoms with Crippen molar-refractivity contribution in [2.24, 2.45) is 0 Å². The van der Waals surface area contributed by atoms with Crippen molar-refractivity contribution in [3.05, 3.63) is 54.6 Å². The number of pyridine rings is 1. The van der Waals surface area contributed by atoms with Crippen LogP contribution in [0.1, 0.15) is 18.4 Å². The Morgan fingerprint density at radius 3 is 2.56 bits per heavy atom. The van der Waals surface area contributed by atoms with Crippen LogP contribution in [0.25, 0.3) is 16.7 Å². The van der Waals surface area contributed by atoms with Crippen LogP contribution in [0.2, 0.25) is 0 Å². The number of nitrogens with zero attached hydrogens (tertiary/aromatic N) is 7. The molecule has 12 nitrogen and oxygen atoms in total. The number of halogens is 3. The van der Waals surface area contributed by atoms with Gasteiger partial charge in [0.2, 0.25) is 5.95 Å². The molecular weight excluding hydrogens is 644 g/mol. The molecule has 1 aromatic carbocycles. The number of alkyl halides is 3. The highest BCUT2D eigenvalue weighted by Crippen LogP contribution is 2.38. The Hall–Kier alpha value is -4.33. The van der Waals surface area contributed by atoms with Crippen LogP contribution >= 0.6 is 8.46 Å². The van der Waals surface area contributed by atoms with Crippen molar-refractivity contribution in [3.63, 3.8) is 0 Å². The van der Waals surface area contributed by atoms with E-state index in [1.54, 1.807) is 47.4 Å². The Bertz CT molecular complexity index is 1930. The summed E-state index contributed by atoms with van der Waals surface area (Å²) in [5.41, 5.74) is 3.71. The van der Waals surface area contributed by atoms with E-state index in [1.807, 2.05) is 13.0 Å². The number of nitrogens with one attached hydrogen (secondary N) is 3. The van der Waals surface area contributed by atoms with Gasteiger partial charge in [0.1, 0.15) is 22.9 Å². The van der Waals surface area contributed by atoms with Crippen molar-refractivity contribution in [2.45, 2.75) is 32.0 Å². The molecule has 6 heterocycles. The molecule has 16 heteroatoms. The second-order valence-corrected chi connectivity index (χ2v) is 13.2. The molecule has 2 aliphatic rings. The normalized spacial score (nSPS) is 17.2. The highest BCUT2D eigenvalue weighted by atomic mass is 31.1. The second-order valence-electron chi connectivity index (χ2n) is 12.4. The maximum Gasteiger partial charge on any atom is 0.422 e. The maximum atomic E-state index is 13.4. The zero-order chi connectivity index (χ0) is 33.4. The highest BCUT2D eigenvalue weighted by molar-refractivity contribution is 7.35. The van der Waals surface area contributed by atoms with E-state index in [1.165, 1.54) is 0 Å². The topological polar surface area (TPSA) is 119 Å². The zero-order valence-corrected chi connectivity index (χ0v) is 27.9. The lowest BCUT2D eigenvalue weighted by molar-refractivity contribution is -0.153. The number of piperidine rings is 1. The van der Waals surface area contributed by atoms with Crippen molar-refractivity contribution in [3.8, 4) is 5.75 Å². The summed E-state index contributed by atoms with van der Waals surface area (Å²) in [5.74, 6) is 0.617. The molecule has 0 spiro atoms. The summed E-state index contributed by atoms with van der Waals surface area (Å²) in [6.07, 6.45) is 4.40. The van der Waals surface area contributed by atoms with Crippen LogP contribution < -0.4 is 25.6 Å². The summed E-state index contributed by atoms with van der Waals surface area (Å²) < 4.78 is 59.6.